The second-order valence-corrected chi connectivity index (χ2v) is 5.95. The molecule has 0 aliphatic carbocycles. The van der Waals surface area contributed by atoms with Crippen molar-refractivity contribution in [3.05, 3.63) is 58.8 Å². The SMILES string of the molecule is C=C(CC1(O)C(=O)N(C)c2ccccc21)c1cccs1. The van der Waals surface area contributed by atoms with Crippen LogP contribution in [-0.4, -0.2) is 18.1 Å². The van der Waals surface area contributed by atoms with Gasteiger partial charge in [-0.2, -0.15) is 0 Å². The Kier molecular flexibility index (Phi) is 3.00. The van der Waals surface area contributed by atoms with Crippen molar-refractivity contribution < 1.29 is 9.90 Å². The Morgan fingerprint density at radius 3 is 2.80 bits per heavy atom. The fourth-order valence-corrected chi connectivity index (χ4v) is 3.36. The quantitative estimate of drug-likeness (QED) is 0.941. The third-order valence-electron chi connectivity index (χ3n) is 3.71. The van der Waals surface area contributed by atoms with Gasteiger partial charge < -0.3 is 10.0 Å². The first-order chi connectivity index (χ1) is 9.54. The van der Waals surface area contributed by atoms with Crippen LogP contribution in [-0.2, 0) is 10.4 Å². The number of aliphatic hydroxyl groups is 1. The molecule has 0 bridgehead atoms. The lowest BCUT2D eigenvalue weighted by atomic mass is 9.88. The van der Waals surface area contributed by atoms with E-state index in [1.165, 1.54) is 4.90 Å². The zero-order chi connectivity index (χ0) is 14.3. The van der Waals surface area contributed by atoms with Gasteiger partial charge in [-0.15, -0.1) is 11.3 Å². The zero-order valence-electron chi connectivity index (χ0n) is 11.2. The molecule has 1 amide bonds. The van der Waals surface area contributed by atoms with Crippen LogP contribution in [0.2, 0.25) is 0 Å². The van der Waals surface area contributed by atoms with E-state index in [0.717, 1.165) is 16.1 Å². The largest absolute Gasteiger partial charge is 0.375 e. The molecule has 3 nitrogen and oxygen atoms in total. The molecule has 1 aromatic carbocycles. The molecular weight excluding hydrogens is 270 g/mol. The average Bonchev–Trinajstić information content (AvgIpc) is 3.04. The molecule has 2 aromatic rings. The molecule has 0 spiro atoms. The lowest BCUT2D eigenvalue weighted by Gasteiger charge is -2.22. The Hall–Kier alpha value is -1.91. The van der Waals surface area contributed by atoms with Gasteiger partial charge in [0.15, 0.2) is 5.60 Å². The molecular formula is C16H15NO2S. The van der Waals surface area contributed by atoms with Gasteiger partial charge in [-0.25, -0.2) is 0 Å². The molecule has 1 aromatic heterocycles. The van der Waals surface area contributed by atoms with Crippen LogP contribution in [0.5, 0.6) is 0 Å². The predicted molar refractivity (Wildman–Crippen MR) is 81.7 cm³/mol. The number of hydrogen-bond donors (Lipinski definition) is 1. The summed E-state index contributed by atoms with van der Waals surface area (Å²) in [5, 5.41) is 12.9. The summed E-state index contributed by atoms with van der Waals surface area (Å²) in [4.78, 5) is 14.9. The number of likely N-dealkylation sites (N-methyl/N-ethyl adjacent to an activating group) is 1. The van der Waals surface area contributed by atoms with Gasteiger partial charge in [0.25, 0.3) is 5.91 Å². The predicted octanol–water partition coefficient (Wildman–Crippen LogP) is 3.02. The molecule has 1 atom stereocenters. The number of para-hydroxylation sites is 1. The number of amides is 1. The molecule has 1 aliphatic heterocycles. The van der Waals surface area contributed by atoms with Crippen molar-refractivity contribution in [2.45, 2.75) is 12.0 Å². The molecule has 1 N–H and O–H groups in total. The van der Waals surface area contributed by atoms with Crippen LogP contribution in [0.3, 0.4) is 0 Å². The maximum absolute atomic E-state index is 12.4. The maximum atomic E-state index is 12.4. The highest BCUT2D eigenvalue weighted by Crippen LogP contribution is 2.44. The highest BCUT2D eigenvalue weighted by Gasteiger charge is 2.48. The van der Waals surface area contributed by atoms with Gasteiger partial charge in [0.05, 0.1) is 5.69 Å². The van der Waals surface area contributed by atoms with E-state index in [0.29, 0.717) is 5.56 Å². The number of anilines is 1. The molecule has 0 fully saturated rings. The first-order valence-electron chi connectivity index (χ1n) is 6.36. The highest BCUT2D eigenvalue weighted by molar-refractivity contribution is 7.11. The second-order valence-electron chi connectivity index (χ2n) is 5.00. The van der Waals surface area contributed by atoms with E-state index in [-0.39, 0.29) is 12.3 Å². The Bertz CT molecular complexity index is 678. The van der Waals surface area contributed by atoms with Crippen molar-refractivity contribution in [3.63, 3.8) is 0 Å². The summed E-state index contributed by atoms with van der Waals surface area (Å²) in [5.74, 6) is -0.295. The van der Waals surface area contributed by atoms with Crippen LogP contribution in [0.25, 0.3) is 5.57 Å². The fourth-order valence-electron chi connectivity index (χ4n) is 2.66. The molecule has 20 heavy (non-hydrogen) atoms. The van der Waals surface area contributed by atoms with E-state index in [4.69, 9.17) is 0 Å². The third-order valence-corrected chi connectivity index (χ3v) is 4.68. The molecule has 0 radical (unpaired) electrons. The van der Waals surface area contributed by atoms with E-state index in [1.54, 1.807) is 24.5 Å². The lowest BCUT2D eigenvalue weighted by Crippen LogP contribution is -2.38. The number of rotatable bonds is 3. The van der Waals surface area contributed by atoms with Gasteiger partial charge in [-0.1, -0.05) is 30.8 Å². The minimum absolute atomic E-state index is 0.216. The van der Waals surface area contributed by atoms with E-state index in [2.05, 4.69) is 6.58 Å². The van der Waals surface area contributed by atoms with Gasteiger partial charge >= 0.3 is 0 Å². The Labute approximate surface area is 121 Å². The molecule has 2 heterocycles. The van der Waals surface area contributed by atoms with Crippen LogP contribution in [0.1, 0.15) is 16.9 Å². The van der Waals surface area contributed by atoms with Crippen LogP contribution in [0.15, 0.2) is 48.4 Å². The number of fused-ring (bicyclic) bond motifs is 1. The third kappa shape index (κ3) is 1.80. The second kappa shape index (κ2) is 4.58. The number of carbonyl (C=O) groups excluding carboxylic acids is 1. The van der Waals surface area contributed by atoms with Gasteiger partial charge in [0.2, 0.25) is 0 Å². The van der Waals surface area contributed by atoms with Gasteiger partial charge in [0.1, 0.15) is 0 Å². The van der Waals surface area contributed by atoms with Crippen molar-refractivity contribution in [1.29, 1.82) is 0 Å². The summed E-state index contributed by atoms with van der Waals surface area (Å²) in [7, 11) is 1.69. The summed E-state index contributed by atoms with van der Waals surface area (Å²) >= 11 is 1.56. The van der Waals surface area contributed by atoms with Crippen LogP contribution < -0.4 is 4.90 Å². The van der Waals surface area contributed by atoms with Crippen LogP contribution >= 0.6 is 11.3 Å². The Balaban J connectivity index is 2.00. The summed E-state index contributed by atoms with van der Waals surface area (Å²) < 4.78 is 0. The standard InChI is InChI=1S/C16H15NO2S/c1-11(14-8-5-9-20-14)10-16(19)12-6-3-4-7-13(12)17(2)15(16)18/h3-9,19H,1,10H2,2H3. The fraction of sp³-hybridized carbons (Fsp3) is 0.188. The highest BCUT2D eigenvalue weighted by atomic mass is 32.1. The van der Waals surface area contributed by atoms with Crippen molar-refractivity contribution in [2.24, 2.45) is 0 Å². The monoisotopic (exact) mass is 285 g/mol. The van der Waals surface area contributed by atoms with E-state index in [1.807, 2.05) is 35.7 Å². The summed E-state index contributed by atoms with van der Waals surface area (Å²) in [6, 6.07) is 11.2. The molecule has 1 aliphatic rings. The number of thiophene rings is 1. The number of nitrogens with zero attached hydrogens (tertiary/aromatic N) is 1. The van der Waals surface area contributed by atoms with Crippen LogP contribution in [0.4, 0.5) is 5.69 Å². The van der Waals surface area contributed by atoms with E-state index < -0.39 is 5.60 Å². The van der Waals surface area contributed by atoms with Crippen molar-refractivity contribution in [2.75, 3.05) is 11.9 Å². The number of carbonyl (C=O) groups is 1. The van der Waals surface area contributed by atoms with Crippen molar-refractivity contribution in [3.8, 4) is 0 Å². The summed E-state index contributed by atoms with van der Waals surface area (Å²) in [5.41, 5.74) is 0.692. The smallest absolute Gasteiger partial charge is 0.263 e. The van der Waals surface area contributed by atoms with Crippen molar-refractivity contribution in [1.82, 2.24) is 0 Å². The van der Waals surface area contributed by atoms with E-state index in [9.17, 15) is 9.90 Å². The molecule has 3 rings (SSSR count). The number of hydrogen-bond acceptors (Lipinski definition) is 3. The molecule has 4 heteroatoms. The minimum Gasteiger partial charge on any atom is -0.375 e. The molecule has 102 valence electrons. The first kappa shape index (κ1) is 13.1. The molecule has 1 unspecified atom stereocenters. The molecule has 0 saturated heterocycles. The zero-order valence-corrected chi connectivity index (χ0v) is 12.0. The van der Waals surface area contributed by atoms with Gasteiger partial charge in [-0.05, 0) is 23.1 Å². The lowest BCUT2D eigenvalue weighted by molar-refractivity contribution is -0.135. The summed E-state index contributed by atoms with van der Waals surface area (Å²) in [6.07, 6.45) is 0.216. The molecule has 0 saturated carbocycles. The van der Waals surface area contributed by atoms with Gasteiger partial charge in [0, 0.05) is 23.9 Å². The number of benzene rings is 1. The Morgan fingerprint density at radius 1 is 1.35 bits per heavy atom. The van der Waals surface area contributed by atoms with E-state index >= 15 is 0 Å². The van der Waals surface area contributed by atoms with Crippen LogP contribution in [0, 0.1) is 0 Å². The minimum atomic E-state index is -1.51. The normalized spacial score (nSPS) is 21.1. The maximum Gasteiger partial charge on any atom is 0.263 e. The van der Waals surface area contributed by atoms with Crippen molar-refractivity contribution >= 4 is 28.5 Å². The topological polar surface area (TPSA) is 40.5 Å². The average molecular weight is 285 g/mol. The Morgan fingerprint density at radius 2 is 2.10 bits per heavy atom. The first-order valence-corrected chi connectivity index (χ1v) is 7.23. The van der Waals surface area contributed by atoms with Gasteiger partial charge in [-0.3, -0.25) is 4.79 Å². The summed E-state index contributed by atoms with van der Waals surface area (Å²) in [6.45, 7) is 4.02.